The van der Waals surface area contributed by atoms with Gasteiger partial charge in [-0.25, -0.2) is 0 Å². The Morgan fingerprint density at radius 2 is 1.93 bits per heavy atom. The summed E-state index contributed by atoms with van der Waals surface area (Å²) in [6.45, 7) is 4.91. The maximum atomic E-state index is 12.7. The molecule has 7 nitrogen and oxygen atoms in total. The third kappa shape index (κ3) is 4.57. The van der Waals surface area contributed by atoms with Gasteiger partial charge in [0.1, 0.15) is 19.3 Å². The fraction of sp³-hybridized carbons (Fsp3) is 0.391. The van der Waals surface area contributed by atoms with E-state index in [9.17, 15) is 9.59 Å². The average Bonchev–Trinajstić information content (AvgIpc) is 3.21. The molecule has 7 heteroatoms. The third-order valence-corrected chi connectivity index (χ3v) is 5.59. The lowest BCUT2D eigenvalue weighted by Gasteiger charge is -2.24. The van der Waals surface area contributed by atoms with Crippen molar-refractivity contribution in [2.75, 3.05) is 38.2 Å². The first-order valence-electron chi connectivity index (χ1n) is 10.6. The molecule has 0 radical (unpaired) electrons. The molecule has 158 valence electrons. The van der Waals surface area contributed by atoms with Crippen molar-refractivity contribution >= 4 is 17.5 Å². The number of nitrogens with one attached hydrogen (secondary N) is 3. The van der Waals surface area contributed by atoms with Crippen LogP contribution >= 0.6 is 0 Å². The van der Waals surface area contributed by atoms with Gasteiger partial charge < -0.3 is 25.0 Å². The summed E-state index contributed by atoms with van der Waals surface area (Å²) in [6.07, 6.45) is 2.11. The molecule has 0 aromatic heterocycles. The van der Waals surface area contributed by atoms with Crippen LogP contribution in [0.2, 0.25) is 0 Å². The topological polar surface area (TPSA) is 81.1 Å². The number of hydrogen-bond donors (Lipinski definition) is 3. The Balaban J connectivity index is 1.40. The summed E-state index contributed by atoms with van der Waals surface area (Å²) >= 11 is 0. The molecule has 2 atom stereocenters. The monoisotopic (exact) mass is 410 g/mol. The van der Waals surface area contributed by atoms with E-state index >= 15 is 0 Å². The third-order valence-electron chi connectivity index (χ3n) is 5.59. The average molecular weight is 410 g/mol. The van der Waals surface area contributed by atoms with Crippen LogP contribution in [0.25, 0.3) is 0 Å². The van der Waals surface area contributed by atoms with E-state index in [1.807, 2.05) is 13.0 Å². The van der Waals surface area contributed by atoms with Crippen LogP contribution in [-0.2, 0) is 4.79 Å². The minimum atomic E-state index is -0.141. The van der Waals surface area contributed by atoms with E-state index in [1.54, 1.807) is 24.3 Å². The molecular formula is C23H28N3O4+. The largest absolute Gasteiger partial charge is 0.486 e. The molecule has 0 aliphatic carbocycles. The Bertz CT molecular complexity index is 930. The second-order valence-corrected chi connectivity index (χ2v) is 7.67. The van der Waals surface area contributed by atoms with Gasteiger partial charge in [-0.1, -0.05) is 6.07 Å². The van der Waals surface area contributed by atoms with E-state index in [-0.39, 0.29) is 17.9 Å². The molecule has 30 heavy (non-hydrogen) atoms. The minimum absolute atomic E-state index is 0.0532. The highest BCUT2D eigenvalue weighted by atomic mass is 16.6. The maximum Gasteiger partial charge on any atom is 0.279 e. The number of rotatable bonds is 6. The lowest BCUT2D eigenvalue weighted by molar-refractivity contribution is -0.910. The molecular weight excluding hydrogens is 382 g/mol. The van der Waals surface area contributed by atoms with Crippen LogP contribution in [0, 0.1) is 0 Å². The van der Waals surface area contributed by atoms with Crippen molar-refractivity contribution in [2.45, 2.75) is 25.8 Å². The van der Waals surface area contributed by atoms with Crippen LogP contribution in [-0.4, -0.2) is 44.7 Å². The summed E-state index contributed by atoms with van der Waals surface area (Å²) in [4.78, 5) is 26.0. The summed E-state index contributed by atoms with van der Waals surface area (Å²) in [6, 6.07) is 13.4. The van der Waals surface area contributed by atoms with Crippen LogP contribution in [0.4, 0.5) is 5.69 Å². The smallest absolute Gasteiger partial charge is 0.279 e. The van der Waals surface area contributed by atoms with Gasteiger partial charge in [0.15, 0.2) is 18.0 Å². The van der Waals surface area contributed by atoms with Crippen molar-refractivity contribution < 1.29 is 24.0 Å². The normalized spacial score (nSPS) is 19.9. The van der Waals surface area contributed by atoms with Gasteiger partial charge in [-0.05, 0) is 43.3 Å². The molecule has 2 unspecified atom stereocenters. The van der Waals surface area contributed by atoms with Gasteiger partial charge in [0.2, 0.25) is 0 Å². The van der Waals surface area contributed by atoms with Crippen LogP contribution in [0.3, 0.4) is 0 Å². The van der Waals surface area contributed by atoms with Crippen LogP contribution < -0.4 is 25.0 Å². The standard InChI is InChI=1S/C23H27N3O4/c1-2-24-23(28)17-5-3-6-18(13-17)25-22(27)15-26-10-4-7-19(26)16-8-9-20-21(14-16)30-12-11-29-20/h3,5-6,8-9,13-14,19H,2,4,7,10-12,15H2,1H3,(H,24,28)(H,25,27)/p+1. The number of fused-ring (bicyclic) bond motifs is 1. The Morgan fingerprint density at radius 3 is 2.77 bits per heavy atom. The van der Waals surface area contributed by atoms with Gasteiger partial charge in [0.25, 0.3) is 11.8 Å². The number of carbonyl (C=O) groups is 2. The molecule has 3 N–H and O–H groups in total. The Kier molecular flexibility index (Phi) is 6.18. The molecule has 0 saturated carbocycles. The number of benzene rings is 2. The zero-order valence-corrected chi connectivity index (χ0v) is 17.2. The highest BCUT2D eigenvalue weighted by Crippen LogP contribution is 2.33. The first-order valence-corrected chi connectivity index (χ1v) is 10.6. The van der Waals surface area contributed by atoms with Crippen molar-refractivity contribution in [3.05, 3.63) is 53.6 Å². The zero-order chi connectivity index (χ0) is 20.9. The molecule has 4 rings (SSSR count). The van der Waals surface area contributed by atoms with E-state index in [4.69, 9.17) is 9.47 Å². The molecule has 2 heterocycles. The number of carbonyl (C=O) groups excluding carboxylic acids is 2. The van der Waals surface area contributed by atoms with E-state index in [2.05, 4.69) is 22.8 Å². The Morgan fingerprint density at radius 1 is 1.10 bits per heavy atom. The summed E-state index contributed by atoms with van der Waals surface area (Å²) in [5, 5.41) is 5.72. The van der Waals surface area contributed by atoms with E-state index in [1.165, 1.54) is 10.5 Å². The molecule has 1 fully saturated rings. The van der Waals surface area contributed by atoms with Gasteiger partial charge in [0, 0.05) is 36.2 Å². The Labute approximate surface area is 176 Å². The summed E-state index contributed by atoms with van der Waals surface area (Å²) in [5.74, 6) is 1.38. The molecule has 2 aliphatic heterocycles. The van der Waals surface area contributed by atoms with E-state index in [0.29, 0.717) is 37.6 Å². The summed E-state index contributed by atoms with van der Waals surface area (Å²) in [7, 11) is 0. The molecule has 2 aliphatic rings. The van der Waals surface area contributed by atoms with Crippen molar-refractivity contribution in [3.63, 3.8) is 0 Å². The molecule has 1 saturated heterocycles. The van der Waals surface area contributed by atoms with Crippen molar-refractivity contribution in [2.24, 2.45) is 0 Å². The van der Waals surface area contributed by atoms with Gasteiger partial charge >= 0.3 is 0 Å². The van der Waals surface area contributed by atoms with Crippen molar-refractivity contribution in [1.29, 1.82) is 0 Å². The Hall–Kier alpha value is -3.06. The molecule has 2 aromatic rings. The van der Waals surface area contributed by atoms with Gasteiger partial charge in [-0.3, -0.25) is 9.59 Å². The van der Waals surface area contributed by atoms with Crippen molar-refractivity contribution in [3.8, 4) is 11.5 Å². The number of likely N-dealkylation sites (tertiary alicyclic amines) is 1. The molecule has 0 spiro atoms. The maximum absolute atomic E-state index is 12.7. The van der Waals surface area contributed by atoms with Gasteiger partial charge in [-0.15, -0.1) is 0 Å². The minimum Gasteiger partial charge on any atom is -0.486 e. The lowest BCUT2D eigenvalue weighted by atomic mass is 10.0. The second-order valence-electron chi connectivity index (χ2n) is 7.67. The van der Waals surface area contributed by atoms with Gasteiger partial charge in [-0.2, -0.15) is 0 Å². The van der Waals surface area contributed by atoms with Crippen LogP contribution in [0.15, 0.2) is 42.5 Å². The molecule has 2 aromatic carbocycles. The van der Waals surface area contributed by atoms with Gasteiger partial charge in [0.05, 0.1) is 6.54 Å². The summed E-state index contributed by atoms with van der Waals surface area (Å²) < 4.78 is 11.3. The highest BCUT2D eigenvalue weighted by molar-refractivity contribution is 5.97. The number of anilines is 1. The molecule has 0 bridgehead atoms. The summed E-state index contributed by atoms with van der Waals surface area (Å²) in [5.41, 5.74) is 2.35. The van der Waals surface area contributed by atoms with Crippen molar-refractivity contribution in [1.82, 2.24) is 5.32 Å². The fourth-order valence-corrected chi connectivity index (χ4v) is 4.21. The number of amides is 2. The first-order chi connectivity index (χ1) is 14.6. The second kappa shape index (κ2) is 9.17. The predicted octanol–water partition coefficient (Wildman–Crippen LogP) is 1.57. The molecule has 2 amide bonds. The lowest BCUT2D eigenvalue weighted by Crippen LogP contribution is -3.11. The van der Waals surface area contributed by atoms with E-state index < -0.39 is 0 Å². The highest BCUT2D eigenvalue weighted by Gasteiger charge is 2.32. The van der Waals surface area contributed by atoms with Crippen LogP contribution in [0.5, 0.6) is 11.5 Å². The van der Waals surface area contributed by atoms with Crippen LogP contribution in [0.1, 0.15) is 41.7 Å². The van der Waals surface area contributed by atoms with E-state index in [0.717, 1.165) is 30.9 Å². The number of ether oxygens (including phenoxy) is 2. The first kappa shape index (κ1) is 20.2. The zero-order valence-electron chi connectivity index (χ0n) is 17.2. The quantitative estimate of drug-likeness (QED) is 0.675. The predicted molar refractivity (Wildman–Crippen MR) is 113 cm³/mol. The fourth-order valence-electron chi connectivity index (χ4n) is 4.21. The number of hydrogen-bond acceptors (Lipinski definition) is 4. The number of quaternary nitrogens is 1. The SMILES string of the molecule is CCNC(=O)c1cccc(NC(=O)C[NH+]2CCCC2c2ccc3c(c2)OCCO3)c1.